The normalized spacial score (nSPS) is 14.8. The van der Waals surface area contributed by atoms with Gasteiger partial charge < -0.3 is 9.33 Å². The number of amidine groups is 1. The van der Waals surface area contributed by atoms with Crippen molar-refractivity contribution in [3.05, 3.63) is 65.4 Å². The molecule has 6 heteroatoms. The lowest BCUT2D eigenvalue weighted by Gasteiger charge is -2.42. The van der Waals surface area contributed by atoms with Gasteiger partial charge in [0.05, 0.1) is 0 Å². The van der Waals surface area contributed by atoms with Crippen LogP contribution in [0, 0.1) is 11.8 Å². The Kier molecular flexibility index (Phi) is 9.62. The zero-order chi connectivity index (χ0) is 28.0. The Balaban J connectivity index is 1.79. The molecular formula is C32H43N3O2Si. The van der Waals surface area contributed by atoms with Crippen LogP contribution in [0.4, 0.5) is 5.69 Å². The van der Waals surface area contributed by atoms with E-state index in [0.717, 1.165) is 30.0 Å². The van der Waals surface area contributed by atoms with Crippen LogP contribution in [0.25, 0.3) is 6.08 Å². The second-order valence-corrected chi connectivity index (χ2v) is 16.2. The first kappa shape index (κ1) is 29.3. The van der Waals surface area contributed by atoms with Gasteiger partial charge >= 0.3 is 0 Å². The maximum atomic E-state index is 12.8. The molecule has 3 rings (SSSR count). The lowest BCUT2D eigenvalue weighted by Crippen LogP contribution is -2.50. The maximum absolute atomic E-state index is 12.8. The van der Waals surface area contributed by atoms with Crippen LogP contribution in [-0.4, -0.2) is 45.1 Å². The smallest absolute Gasteiger partial charge is 0.278 e. The Morgan fingerprint density at radius 1 is 0.895 bits per heavy atom. The Morgan fingerprint density at radius 2 is 1.45 bits per heavy atom. The minimum atomic E-state index is -2.02. The average molecular weight is 530 g/mol. The van der Waals surface area contributed by atoms with Crippen molar-refractivity contribution < 1.29 is 9.22 Å². The molecule has 1 aliphatic rings. The Hall–Kier alpha value is -3.30. The van der Waals surface area contributed by atoms with E-state index in [9.17, 15) is 4.79 Å². The first-order valence-electron chi connectivity index (χ1n) is 13.8. The Labute approximate surface area is 230 Å². The molecule has 1 heterocycles. The van der Waals surface area contributed by atoms with Crippen LogP contribution in [0.3, 0.4) is 0 Å². The summed E-state index contributed by atoms with van der Waals surface area (Å²) in [6.07, 6.45) is 1.81. The highest BCUT2D eigenvalue weighted by Crippen LogP contribution is 2.42. The molecule has 0 aliphatic carbocycles. The number of aliphatic imine (C=N–C) groups is 1. The van der Waals surface area contributed by atoms with Crippen LogP contribution >= 0.6 is 0 Å². The van der Waals surface area contributed by atoms with Crippen LogP contribution in [0.1, 0.15) is 66.5 Å². The summed E-state index contributed by atoms with van der Waals surface area (Å²) in [7, 11) is -0.303. The Morgan fingerprint density at radius 3 is 1.95 bits per heavy atom. The van der Waals surface area contributed by atoms with E-state index in [1.165, 1.54) is 10.6 Å². The third-order valence-corrected chi connectivity index (χ3v) is 13.6. The summed E-state index contributed by atoms with van der Waals surface area (Å²) in [5.74, 6) is 7.41. The van der Waals surface area contributed by atoms with Crippen molar-refractivity contribution in [3.8, 4) is 17.6 Å². The Bertz CT molecular complexity index is 1210. The van der Waals surface area contributed by atoms with Crippen LogP contribution in [-0.2, 0) is 4.79 Å². The number of hydrogen-bond donors (Lipinski definition) is 0. The van der Waals surface area contributed by atoms with Crippen molar-refractivity contribution in [1.29, 1.82) is 0 Å². The zero-order valence-corrected chi connectivity index (χ0v) is 25.5. The molecule has 0 N–H and O–H groups in total. The zero-order valence-electron chi connectivity index (χ0n) is 24.5. The highest BCUT2D eigenvalue weighted by Gasteiger charge is 2.46. The highest BCUT2D eigenvalue weighted by atomic mass is 28.4. The van der Waals surface area contributed by atoms with Crippen LogP contribution in [0.5, 0.6) is 5.75 Å². The molecule has 0 atom stereocenters. The largest absolute Gasteiger partial charge is 0.543 e. The van der Waals surface area contributed by atoms with E-state index in [1.807, 2.05) is 42.5 Å². The minimum Gasteiger partial charge on any atom is -0.543 e. The summed E-state index contributed by atoms with van der Waals surface area (Å²) in [6, 6.07) is 16.2. The molecule has 5 nitrogen and oxygen atoms in total. The molecule has 0 fully saturated rings. The van der Waals surface area contributed by atoms with E-state index in [0.29, 0.717) is 28.2 Å². The predicted molar refractivity (Wildman–Crippen MR) is 163 cm³/mol. The molecule has 202 valence electrons. The second-order valence-electron chi connectivity index (χ2n) is 10.8. The van der Waals surface area contributed by atoms with Crippen LogP contribution < -0.4 is 9.33 Å². The van der Waals surface area contributed by atoms with Crippen LogP contribution in [0.15, 0.2) is 59.2 Å². The number of likely N-dealkylation sites (N-methyl/N-ethyl adjacent to an activating group) is 1. The summed E-state index contributed by atoms with van der Waals surface area (Å²) in [5, 5.41) is 0. The molecule has 0 spiro atoms. The van der Waals surface area contributed by atoms with Crippen molar-refractivity contribution in [2.75, 3.05) is 25.0 Å². The average Bonchev–Trinajstić information content (AvgIpc) is 3.15. The number of benzene rings is 2. The standard InChI is InChI=1S/C32H43N3O2Si/c1-10-35(11-2)28-17-12-26(13-18-28)16-21-31-33-30(32(36)34(31)9)22-27-14-19-29(20-15-27)37-38(23(3)4,24(5)6)25(7)8/h12-15,17-20,22-25H,10-11H2,1-9H3/b30-22-. The van der Waals surface area contributed by atoms with Gasteiger partial charge in [-0.2, -0.15) is 0 Å². The fraction of sp³-hybridized carbons (Fsp3) is 0.438. The minimum absolute atomic E-state index is 0.155. The number of hydrogen-bond acceptors (Lipinski definition) is 4. The highest BCUT2D eigenvalue weighted by molar-refractivity contribution is 6.78. The van der Waals surface area contributed by atoms with Crippen LogP contribution in [0.2, 0.25) is 16.6 Å². The number of nitrogens with zero attached hydrogens (tertiary/aromatic N) is 3. The number of carbonyl (C=O) groups excluding carboxylic acids is 1. The number of carbonyl (C=O) groups is 1. The molecule has 2 aromatic rings. The van der Waals surface area contributed by atoms with E-state index >= 15 is 0 Å². The molecule has 0 aromatic heterocycles. The number of anilines is 1. The first-order valence-corrected chi connectivity index (χ1v) is 15.9. The molecule has 1 amide bonds. The lowest BCUT2D eigenvalue weighted by atomic mass is 10.2. The topological polar surface area (TPSA) is 45.1 Å². The molecule has 0 saturated heterocycles. The molecule has 0 radical (unpaired) electrons. The third-order valence-electron chi connectivity index (χ3n) is 7.57. The van der Waals surface area contributed by atoms with Gasteiger partial charge in [0, 0.05) is 31.4 Å². The fourth-order valence-corrected chi connectivity index (χ4v) is 10.8. The number of amides is 1. The van der Waals surface area contributed by atoms with Crippen molar-refractivity contribution >= 4 is 31.8 Å². The number of rotatable bonds is 9. The predicted octanol–water partition coefficient (Wildman–Crippen LogP) is 7.35. The van der Waals surface area contributed by atoms with Gasteiger partial charge in [-0.05, 0) is 84.4 Å². The molecule has 0 saturated carbocycles. The first-order chi connectivity index (χ1) is 18.0. The van der Waals surface area contributed by atoms with Gasteiger partial charge in [0.25, 0.3) is 14.2 Å². The summed E-state index contributed by atoms with van der Waals surface area (Å²) in [4.78, 5) is 21.2. The lowest BCUT2D eigenvalue weighted by molar-refractivity contribution is -0.121. The summed E-state index contributed by atoms with van der Waals surface area (Å²) in [5.41, 5.74) is 4.88. The summed E-state index contributed by atoms with van der Waals surface area (Å²) >= 11 is 0. The van der Waals surface area contributed by atoms with E-state index in [4.69, 9.17) is 4.43 Å². The monoisotopic (exact) mass is 529 g/mol. The third kappa shape index (κ3) is 6.22. The molecule has 2 aromatic carbocycles. The summed E-state index contributed by atoms with van der Waals surface area (Å²) < 4.78 is 6.77. The molecule has 0 unspecified atom stereocenters. The molecule has 1 aliphatic heterocycles. The maximum Gasteiger partial charge on any atom is 0.278 e. The quantitative estimate of drug-likeness (QED) is 0.194. The van der Waals surface area contributed by atoms with Gasteiger partial charge in [0.2, 0.25) is 0 Å². The van der Waals surface area contributed by atoms with Crippen molar-refractivity contribution in [1.82, 2.24) is 4.90 Å². The van der Waals surface area contributed by atoms with Crippen molar-refractivity contribution in [3.63, 3.8) is 0 Å². The van der Waals surface area contributed by atoms with E-state index in [2.05, 4.69) is 89.3 Å². The van der Waals surface area contributed by atoms with Gasteiger partial charge in [-0.1, -0.05) is 59.6 Å². The molecule has 38 heavy (non-hydrogen) atoms. The van der Waals surface area contributed by atoms with E-state index in [-0.39, 0.29) is 5.91 Å². The van der Waals surface area contributed by atoms with Gasteiger partial charge in [-0.15, -0.1) is 0 Å². The molecule has 0 bridgehead atoms. The van der Waals surface area contributed by atoms with Gasteiger partial charge in [0.1, 0.15) is 11.4 Å². The second kappa shape index (κ2) is 12.5. The summed E-state index contributed by atoms with van der Waals surface area (Å²) in [6.45, 7) is 19.9. The van der Waals surface area contributed by atoms with Gasteiger partial charge in [0.15, 0.2) is 5.84 Å². The van der Waals surface area contributed by atoms with Gasteiger partial charge in [-0.25, -0.2) is 4.99 Å². The fourth-order valence-electron chi connectivity index (χ4n) is 5.53. The molecular weight excluding hydrogens is 486 g/mol. The van der Waals surface area contributed by atoms with E-state index < -0.39 is 8.32 Å². The van der Waals surface area contributed by atoms with Gasteiger partial charge in [-0.3, -0.25) is 9.69 Å². The SMILES string of the molecule is CCN(CC)c1ccc(C#CC2=N/C(=C\c3ccc(O[Si](C(C)C)(C(C)C)C(C)C)cc3)C(=O)N2C)cc1. The van der Waals surface area contributed by atoms with E-state index in [1.54, 1.807) is 7.05 Å². The van der Waals surface area contributed by atoms with Crippen molar-refractivity contribution in [2.24, 2.45) is 4.99 Å². The van der Waals surface area contributed by atoms with Crippen molar-refractivity contribution in [2.45, 2.75) is 72.0 Å².